The van der Waals surface area contributed by atoms with E-state index in [-0.39, 0.29) is 5.82 Å². The van der Waals surface area contributed by atoms with Gasteiger partial charge in [-0.15, -0.1) is 0 Å². The lowest BCUT2D eigenvalue weighted by atomic mass is 9.91. The summed E-state index contributed by atoms with van der Waals surface area (Å²) in [6.45, 7) is 7.65. The quantitative estimate of drug-likeness (QED) is 0.731. The molecule has 1 N–H and O–H groups in total. The minimum atomic E-state index is -0.154. The lowest BCUT2D eigenvalue weighted by molar-refractivity contribution is 0.367. The number of nitrogens with one attached hydrogen (secondary N) is 1. The molecule has 0 saturated heterocycles. The molecule has 18 heavy (non-hydrogen) atoms. The van der Waals surface area contributed by atoms with Crippen LogP contribution in [0.25, 0.3) is 0 Å². The van der Waals surface area contributed by atoms with Crippen molar-refractivity contribution < 1.29 is 4.39 Å². The number of likely N-dealkylation sites (N-methyl/N-ethyl adjacent to an activating group) is 1. The average molecular weight is 251 g/mol. The molecule has 1 aromatic rings. The van der Waals surface area contributed by atoms with Crippen molar-refractivity contribution in [2.75, 3.05) is 6.54 Å². The van der Waals surface area contributed by atoms with E-state index in [1.165, 1.54) is 24.8 Å². The molecule has 0 saturated carbocycles. The van der Waals surface area contributed by atoms with E-state index in [2.05, 4.69) is 26.1 Å². The second-order valence-corrected chi connectivity index (χ2v) is 5.00. The fourth-order valence-corrected chi connectivity index (χ4v) is 2.46. The summed E-state index contributed by atoms with van der Waals surface area (Å²) in [5.41, 5.74) is 1.22. The normalized spacial score (nSPS) is 12.9. The Labute approximate surface area is 111 Å². The maximum Gasteiger partial charge on any atom is 0.123 e. The summed E-state index contributed by atoms with van der Waals surface area (Å²) in [7, 11) is 0. The molecule has 1 unspecified atom stereocenters. The van der Waals surface area contributed by atoms with Crippen molar-refractivity contribution in [2.45, 2.75) is 52.5 Å². The fraction of sp³-hybridized carbons (Fsp3) is 0.625. The molecule has 0 aliphatic heterocycles. The molecular formula is C16H26FN. The molecule has 0 radical (unpaired) electrons. The zero-order valence-electron chi connectivity index (χ0n) is 11.9. The number of halogens is 1. The maximum atomic E-state index is 12.9. The van der Waals surface area contributed by atoms with E-state index in [1.807, 2.05) is 12.1 Å². The Kier molecular flexibility index (Phi) is 6.96. The summed E-state index contributed by atoms with van der Waals surface area (Å²) in [6, 6.07) is 7.40. The van der Waals surface area contributed by atoms with Crippen LogP contribution in [-0.4, -0.2) is 12.6 Å². The van der Waals surface area contributed by atoms with E-state index in [1.54, 1.807) is 12.1 Å². The van der Waals surface area contributed by atoms with Gasteiger partial charge in [-0.1, -0.05) is 45.7 Å². The highest BCUT2D eigenvalue weighted by Crippen LogP contribution is 2.17. The van der Waals surface area contributed by atoms with Gasteiger partial charge in [-0.2, -0.15) is 0 Å². The minimum Gasteiger partial charge on any atom is -0.314 e. The van der Waals surface area contributed by atoms with Gasteiger partial charge >= 0.3 is 0 Å². The molecule has 102 valence electrons. The minimum absolute atomic E-state index is 0.154. The van der Waals surface area contributed by atoms with E-state index in [0.29, 0.717) is 6.04 Å². The van der Waals surface area contributed by atoms with Crippen molar-refractivity contribution >= 4 is 0 Å². The van der Waals surface area contributed by atoms with Crippen LogP contribution in [0.1, 0.15) is 45.6 Å². The van der Waals surface area contributed by atoms with Crippen molar-refractivity contribution in [3.63, 3.8) is 0 Å². The first kappa shape index (κ1) is 15.2. The lowest BCUT2D eigenvalue weighted by Gasteiger charge is -2.23. The molecule has 0 aliphatic rings. The Morgan fingerprint density at radius 2 is 1.67 bits per heavy atom. The summed E-state index contributed by atoms with van der Waals surface area (Å²) < 4.78 is 12.9. The van der Waals surface area contributed by atoms with Crippen LogP contribution in [-0.2, 0) is 6.42 Å². The average Bonchev–Trinajstić information content (AvgIpc) is 2.38. The van der Waals surface area contributed by atoms with Crippen LogP contribution in [0.4, 0.5) is 4.39 Å². The predicted molar refractivity (Wildman–Crippen MR) is 76.3 cm³/mol. The largest absolute Gasteiger partial charge is 0.314 e. The topological polar surface area (TPSA) is 12.0 Å². The zero-order valence-corrected chi connectivity index (χ0v) is 11.9. The van der Waals surface area contributed by atoms with Crippen molar-refractivity contribution in [1.29, 1.82) is 0 Å². The van der Waals surface area contributed by atoms with Crippen LogP contribution in [0.3, 0.4) is 0 Å². The van der Waals surface area contributed by atoms with Crippen molar-refractivity contribution in [3.05, 3.63) is 35.6 Å². The molecule has 1 rings (SSSR count). The van der Waals surface area contributed by atoms with E-state index in [4.69, 9.17) is 0 Å². The van der Waals surface area contributed by atoms with Gasteiger partial charge in [0.15, 0.2) is 0 Å². The van der Waals surface area contributed by atoms with E-state index >= 15 is 0 Å². The summed E-state index contributed by atoms with van der Waals surface area (Å²) in [4.78, 5) is 0. The number of hydrogen-bond donors (Lipinski definition) is 1. The molecule has 0 fully saturated rings. The second-order valence-electron chi connectivity index (χ2n) is 5.00. The SMILES string of the molecule is CCNC(Cc1ccc(F)cc1)CC(CC)CC. The molecular weight excluding hydrogens is 225 g/mol. The van der Waals surface area contributed by atoms with Crippen LogP contribution in [0.15, 0.2) is 24.3 Å². The maximum absolute atomic E-state index is 12.9. The third-order valence-electron chi connectivity index (χ3n) is 3.66. The predicted octanol–water partition coefficient (Wildman–Crippen LogP) is 4.17. The van der Waals surface area contributed by atoms with Gasteiger partial charge < -0.3 is 5.32 Å². The molecule has 0 bridgehead atoms. The lowest BCUT2D eigenvalue weighted by Crippen LogP contribution is -2.33. The Hall–Kier alpha value is -0.890. The Balaban J connectivity index is 2.58. The molecule has 1 nitrogen and oxygen atoms in total. The molecule has 0 amide bonds. The van der Waals surface area contributed by atoms with Crippen molar-refractivity contribution in [1.82, 2.24) is 5.32 Å². The third-order valence-corrected chi connectivity index (χ3v) is 3.66. The Morgan fingerprint density at radius 1 is 1.06 bits per heavy atom. The number of hydrogen-bond acceptors (Lipinski definition) is 1. The summed E-state index contributed by atoms with van der Waals surface area (Å²) in [5.74, 6) is 0.633. The van der Waals surface area contributed by atoms with E-state index in [9.17, 15) is 4.39 Å². The Bertz CT molecular complexity index is 316. The monoisotopic (exact) mass is 251 g/mol. The molecule has 0 aliphatic carbocycles. The van der Waals surface area contributed by atoms with Gasteiger partial charge in [0, 0.05) is 6.04 Å². The van der Waals surface area contributed by atoms with Gasteiger partial charge in [-0.3, -0.25) is 0 Å². The highest BCUT2D eigenvalue weighted by Gasteiger charge is 2.13. The van der Waals surface area contributed by atoms with Gasteiger partial charge in [0.2, 0.25) is 0 Å². The summed E-state index contributed by atoms with van der Waals surface area (Å²) >= 11 is 0. The smallest absolute Gasteiger partial charge is 0.123 e. The van der Waals surface area contributed by atoms with E-state index in [0.717, 1.165) is 18.9 Å². The zero-order chi connectivity index (χ0) is 13.4. The highest BCUT2D eigenvalue weighted by atomic mass is 19.1. The third kappa shape index (κ3) is 5.18. The van der Waals surface area contributed by atoms with Gasteiger partial charge in [0.25, 0.3) is 0 Å². The van der Waals surface area contributed by atoms with E-state index < -0.39 is 0 Å². The van der Waals surface area contributed by atoms with Gasteiger partial charge in [0.05, 0.1) is 0 Å². The fourth-order valence-electron chi connectivity index (χ4n) is 2.46. The van der Waals surface area contributed by atoms with Crippen molar-refractivity contribution in [2.24, 2.45) is 5.92 Å². The van der Waals surface area contributed by atoms with Gasteiger partial charge in [-0.25, -0.2) is 4.39 Å². The molecule has 0 heterocycles. The molecule has 0 spiro atoms. The summed E-state index contributed by atoms with van der Waals surface area (Å²) in [6.07, 6.45) is 4.67. The first-order chi connectivity index (χ1) is 8.69. The van der Waals surface area contributed by atoms with Gasteiger partial charge in [-0.05, 0) is 43.0 Å². The van der Waals surface area contributed by atoms with Crippen molar-refractivity contribution in [3.8, 4) is 0 Å². The van der Waals surface area contributed by atoms with Crippen LogP contribution in [0.5, 0.6) is 0 Å². The molecule has 2 heteroatoms. The second kappa shape index (κ2) is 8.25. The van der Waals surface area contributed by atoms with Crippen LogP contribution < -0.4 is 5.32 Å². The standard InChI is InChI=1S/C16H26FN/c1-4-13(5-2)11-16(18-6-3)12-14-7-9-15(17)10-8-14/h7-10,13,16,18H,4-6,11-12H2,1-3H3. The number of rotatable bonds is 8. The van der Waals surface area contributed by atoms with Crippen LogP contribution >= 0.6 is 0 Å². The molecule has 1 aromatic carbocycles. The number of benzene rings is 1. The first-order valence-electron chi connectivity index (χ1n) is 7.17. The molecule has 0 aromatic heterocycles. The first-order valence-corrected chi connectivity index (χ1v) is 7.17. The Morgan fingerprint density at radius 3 is 2.17 bits per heavy atom. The van der Waals surface area contributed by atoms with Gasteiger partial charge in [0.1, 0.15) is 5.82 Å². The molecule has 1 atom stereocenters. The van der Waals surface area contributed by atoms with Crippen LogP contribution in [0, 0.1) is 11.7 Å². The highest BCUT2D eigenvalue weighted by molar-refractivity contribution is 5.17. The van der Waals surface area contributed by atoms with Crippen LogP contribution in [0.2, 0.25) is 0 Å². The summed E-state index contributed by atoms with van der Waals surface area (Å²) in [5, 5.41) is 3.55.